The van der Waals surface area contributed by atoms with Crippen LogP contribution in [0.15, 0.2) is 18.2 Å². The summed E-state index contributed by atoms with van der Waals surface area (Å²) < 4.78 is 0. The average Bonchev–Trinajstić information content (AvgIpc) is 1.85. The summed E-state index contributed by atoms with van der Waals surface area (Å²) in [5, 5.41) is 0.770. The van der Waals surface area contributed by atoms with Gasteiger partial charge < -0.3 is 5.73 Å². The highest BCUT2D eigenvalue weighted by molar-refractivity contribution is 6.30. The predicted molar refractivity (Wildman–Crippen MR) is 56.0 cm³/mol. The van der Waals surface area contributed by atoms with Crippen LogP contribution in [0.4, 0.5) is 0 Å². The monoisotopic (exact) mass is 205 g/mol. The van der Waals surface area contributed by atoms with Crippen molar-refractivity contribution in [1.82, 2.24) is 0 Å². The molecule has 0 saturated carbocycles. The molecule has 1 rings (SSSR count). The van der Waals surface area contributed by atoms with Crippen LogP contribution in [0, 0.1) is 6.92 Å². The summed E-state index contributed by atoms with van der Waals surface area (Å²) in [7, 11) is 0. The Morgan fingerprint density at radius 3 is 2.42 bits per heavy atom. The van der Waals surface area contributed by atoms with E-state index < -0.39 is 0 Å². The molecule has 1 nitrogen and oxygen atoms in total. The molecule has 1 aromatic rings. The van der Waals surface area contributed by atoms with Gasteiger partial charge in [-0.05, 0) is 37.1 Å². The molecule has 0 heterocycles. The Morgan fingerprint density at radius 2 is 2.00 bits per heavy atom. The maximum absolute atomic E-state index is 5.78. The molecule has 1 atom stereocenters. The number of hydrogen-bond donors (Lipinski definition) is 1. The molecule has 0 unspecified atom stereocenters. The van der Waals surface area contributed by atoms with Crippen LogP contribution in [-0.4, -0.2) is 0 Å². The van der Waals surface area contributed by atoms with Crippen molar-refractivity contribution in [3.05, 3.63) is 34.3 Å². The van der Waals surface area contributed by atoms with Crippen LogP contribution in [0.5, 0.6) is 0 Å². The van der Waals surface area contributed by atoms with Gasteiger partial charge >= 0.3 is 0 Å². The lowest BCUT2D eigenvalue weighted by Crippen LogP contribution is -2.06. The molecule has 0 fully saturated rings. The van der Waals surface area contributed by atoms with Crippen molar-refractivity contribution in [3.63, 3.8) is 0 Å². The Balaban J connectivity index is 0.00000121. The minimum Gasteiger partial charge on any atom is -0.324 e. The van der Waals surface area contributed by atoms with Gasteiger partial charge in [0.25, 0.3) is 0 Å². The van der Waals surface area contributed by atoms with E-state index in [0.717, 1.165) is 16.1 Å². The molecule has 3 heteroatoms. The van der Waals surface area contributed by atoms with Crippen molar-refractivity contribution in [3.8, 4) is 0 Å². The highest BCUT2D eigenvalue weighted by Crippen LogP contribution is 2.19. The maximum atomic E-state index is 5.78. The summed E-state index contributed by atoms with van der Waals surface area (Å²) in [4.78, 5) is 0. The van der Waals surface area contributed by atoms with Crippen LogP contribution in [0.1, 0.15) is 24.1 Å². The number of benzene rings is 1. The summed E-state index contributed by atoms with van der Waals surface area (Å²) in [5.74, 6) is 0. The van der Waals surface area contributed by atoms with Gasteiger partial charge in [-0.25, -0.2) is 0 Å². The van der Waals surface area contributed by atoms with E-state index in [-0.39, 0.29) is 18.4 Å². The topological polar surface area (TPSA) is 26.0 Å². The molecule has 2 N–H and O–H groups in total. The molecule has 0 spiro atoms. The van der Waals surface area contributed by atoms with Crippen molar-refractivity contribution >= 4 is 24.0 Å². The third-order valence-corrected chi connectivity index (χ3v) is 1.96. The zero-order valence-corrected chi connectivity index (χ0v) is 8.75. The molecule has 0 aliphatic heterocycles. The van der Waals surface area contributed by atoms with Crippen molar-refractivity contribution in [2.24, 2.45) is 5.73 Å². The zero-order valence-electron chi connectivity index (χ0n) is 7.17. The van der Waals surface area contributed by atoms with Gasteiger partial charge in [-0.1, -0.05) is 17.7 Å². The standard InChI is InChI=1S/C9H12ClN.ClH/c1-6-5-8(10)3-4-9(6)7(2)11;/h3-5,7H,11H2,1-2H3;1H/t7-;/m0./s1. The van der Waals surface area contributed by atoms with Gasteiger partial charge in [-0.15, -0.1) is 12.4 Å². The lowest BCUT2D eigenvalue weighted by Gasteiger charge is -2.08. The molecule has 0 bridgehead atoms. The largest absolute Gasteiger partial charge is 0.324 e. The number of hydrogen-bond acceptors (Lipinski definition) is 1. The molecule has 0 amide bonds. The van der Waals surface area contributed by atoms with Crippen LogP contribution in [0.2, 0.25) is 5.02 Å². The normalized spacial score (nSPS) is 12.0. The van der Waals surface area contributed by atoms with Gasteiger partial charge in [-0.2, -0.15) is 0 Å². The van der Waals surface area contributed by atoms with Gasteiger partial charge in [0.2, 0.25) is 0 Å². The summed E-state index contributed by atoms with van der Waals surface area (Å²) >= 11 is 5.78. The first kappa shape index (κ1) is 11.8. The van der Waals surface area contributed by atoms with Gasteiger partial charge in [-0.3, -0.25) is 0 Å². The van der Waals surface area contributed by atoms with Crippen molar-refractivity contribution < 1.29 is 0 Å². The summed E-state index contributed by atoms with van der Waals surface area (Å²) in [5.41, 5.74) is 8.04. The fourth-order valence-corrected chi connectivity index (χ4v) is 1.38. The van der Waals surface area contributed by atoms with Crippen LogP contribution in [-0.2, 0) is 0 Å². The fraction of sp³-hybridized carbons (Fsp3) is 0.333. The smallest absolute Gasteiger partial charge is 0.0408 e. The summed E-state index contributed by atoms with van der Waals surface area (Å²) in [6, 6.07) is 5.86. The first-order valence-corrected chi connectivity index (χ1v) is 4.00. The van der Waals surface area contributed by atoms with E-state index in [2.05, 4.69) is 0 Å². The Kier molecular flexibility index (Phi) is 4.61. The Hall–Kier alpha value is -0.240. The molecule has 0 aliphatic carbocycles. The maximum Gasteiger partial charge on any atom is 0.0408 e. The molecule has 0 radical (unpaired) electrons. The Morgan fingerprint density at radius 1 is 1.42 bits per heavy atom. The average molecular weight is 206 g/mol. The van der Waals surface area contributed by atoms with Crippen molar-refractivity contribution in [2.45, 2.75) is 19.9 Å². The molecule has 68 valence electrons. The van der Waals surface area contributed by atoms with Gasteiger partial charge in [0.1, 0.15) is 0 Å². The molecule has 12 heavy (non-hydrogen) atoms. The second kappa shape index (κ2) is 4.70. The first-order chi connectivity index (χ1) is 5.11. The molecule has 0 aromatic heterocycles. The van der Waals surface area contributed by atoms with Crippen molar-refractivity contribution in [2.75, 3.05) is 0 Å². The third-order valence-electron chi connectivity index (χ3n) is 1.72. The third kappa shape index (κ3) is 2.67. The second-order valence-electron chi connectivity index (χ2n) is 2.79. The lowest BCUT2D eigenvalue weighted by molar-refractivity contribution is 0.810. The van der Waals surface area contributed by atoms with E-state index in [9.17, 15) is 0 Å². The van der Waals surface area contributed by atoms with Crippen LogP contribution in [0.25, 0.3) is 0 Å². The Bertz CT molecular complexity index is 259. The van der Waals surface area contributed by atoms with E-state index in [0.29, 0.717) is 0 Å². The number of aryl methyl sites for hydroxylation is 1. The van der Waals surface area contributed by atoms with E-state index in [4.69, 9.17) is 17.3 Å². The summed E-state index contributed by atoms with van der Waals surface area (Å²) in [6.07, 6.45) is 0. The molecular formula is C9H13Cl2N. The highest BCUT2D eigenvalue weighted by atomic mass is 35.5. The number of halogens is 2. The van der Waals surface area contributed by atoms with Crippen molar-refractivity contribution in [1.29, 1.82) is 0 Å². The lowest BCUT2D eigenvalue weighted by atomic mass is 10.0. The van der Waals surface area contributed by atoms with Gasteiger partial charge in [0.05, 0.1) is 0 Å². The number of rotatable bonds is 1. The quantitative estimate of drug-likeness (QED) is 0.750. The van der Waals surface area contributed by atoms with Crippen LogP contribution >= 0.6 is 24.0 Å². The van der Waals surface area contributed by atoms with Gasteiger partial charge in [0.15, 0.2) is 0 Å². The van der Waals surface area contributed by atoms with Crippen LogP contribution < -0.4 is 5.73 Å². The summed E-state index contributed by atoms with van der Waals surface area (Å²) in [6.45, 7) is 3.99. The minimum atomic E-state index is 0. The Labute approximate surface area is 84.3 Å². The minimum absolute atomic E-state index is 0. The number of nitrogens with two attached hydrogens (primary N) is 1. The highest BCUT2D eigenvalue weighted by Gasteiger charge is 2.02. The SMILES string of the molecule is Cc1cc(Cl)ccc1[C@H](C)N.Cl. The second-order valence-corrected chi connectivity index (χ2v) is 3.23. The van der Waals surface area contributed by atoms with Gasteiger partial charge in [0, 0.05) is 11.1 Å². The van der Waals surface area contributed by atoms with Crippen LogP contribution in [0.3, 0.4) is 0 Å². The molecule has 0 saturated heterocycles. The molecular weight excluding hydrogens is 193 g/mol. The zero-order chi connectivity index (χ0) is 8.43. The van der Waals surface area contributed by atoms with E-state index >= 15 is 0 Å². The fourth-order valence-electron chi connectivity index (χ4n) is 1.15. The predicted octanol–water partition coefficient (Wildman–Crippen LogP) is 3.09. The molecule has 1 aromatic carbocycles. The van der Waals surface area contributed by atoms with E-state index in [1.165, 1.54) is 0 Å². The first-order valence-electron chi connectivity index (χ1n) is 3.63. The van der Waals surface area contributed by atoms with E-state index in [1.54, 1.807) is 0 Å². The molecule has 0 aliphatic rings. The van der Waals surface area contributed by atoms with E-state index in [1.807, 2.05) is 32.0 Å².